The standard InChI is InChI=1S/C15H21NO4/c1-4-19-10-13(15(18)20-5-2)16-14(17)12-9-7-6-8-11(12)3/h6-9,13H,4-5,10H2,1-3H3,(H,16,17). The van der Waals surface area contributed by atoms with Gasteiger partial charge in [0, 0.05) is 12.2 Å². The number of amides is 1. The monoisotopic (exact) mass is 279 g/mol. The summed E-state index contributed by atoms with van der Waals surface area (Å²) in [6, 6.07) is 6.41. The molecule has 20 heavy (non-hydrogen) atoms. The van der Waals surface area contributed by atoms with Gasteiger partial charge in [-0.2, -0.15) is 0 Å². The number of rotatable bonds is 7. The molecule has 1 aromatic rings. The third-order valence-corrected chi connectivity index (χ3v) is 2.75. The summed E-state index contributed by atoms with van der Waals surface area (Å²) < 4.78 is 10.1. The van der Waals surface area contributed by atoms with Crippen LogP contribution in [0.4, 0.5) is 0 Å². The lowest BCUT2D eigenvalue weighted by Crippen LogP contribution is -2.45. The van der Waals surface area contributed by atoms with E-state index in [0.29, 0.717) is 12.2 Å². The molecule has 0 aliphatic rings. The Hall–Kier alpha value is -1.88. The molecule has 0 aliphatic heterocycles. The molecular formula is C15H21NO4. The molecule has 0 heterocycles. The molecule has 0 fully saturated rings. The third kappa shape index (κ3) is 4.66. The molecule has 1 atom stereocenters. The second-order valence-corrected chi connectivity index (χ2v) is 4.25. The first-order chi connectivity index (χ1) is 9.60. The lowest BCUT2D eigenvalue weighted by atomic mass is 10.1. The van der Waals surface area contributed by atoms with Gasteiger partial charge in [0.15, 0.2) is 6.04 Å². The highest BCUT2D eigenvalue weighted by atomic mass is 16.5. The van der Waals surface area contributed by atoms with Gasteiger partial charge in [0.2, 0.25) is 0 Å². The van der Waals surface area contributed by atoms with E-state index in [4.69, 9.17) is 9.47 Å². The van der Waals surface area contributed by atoms with Crippen molar-refractivity contribution in [1.29, 1.82) is 0 Å². The van der Waals surface area contributed by atoms with Crippen LogP contribution in [0.15, 0.2) is 24.3 Å². The van der Waals surface area contributed by atoms with E-state index in [2.05, 4.69) is 5.32 Å². The van der Waals surface area contributed by atoms with Crippen LogP contribution in [0, 0.1) is 6.92 Å². The Morgan fingerprint density at radius 3 is 2.50 bits per heavy atom. The first-order valence-electron chi connectivity index (χ1n) is 6.71. The summed E-state index contributed by atoms with van der Waals surface area (Å²) in [5.41, 5.74) is 1.39. The van der Waals surface area contributed by atoms with E-state index in [-0.39, 0.29) is 19.1 Å². The molecule has 0 aromatic heterocycles. The number of carbonyl (C=O) groups excluding carboxylic acids is 2. The van der Waals surface area contributed by atoms with E-state index >= 15 is 0 Å². The van der Waals surface area contributed by atoms with Crippen molar-refractivity contribution in [3.05, 3.63) is 35.4 Å². The number of nitrogens with one attached hydrogen (secondary N) is 1. The number of hydrogen-bond donors (Lipinski definition) is 1. The molecule has 1 N–H and O–H groups in total. The summed E-state index contributed by atoms with van der Waals surface area (Å²) in [6.45, 7) is 6.23. The van der Waals surface area contributed by atoms with Gasteiger partial charge in [-0.3, -0.25) is 4.79 Å². The molecular weight excluding hydrogens is 258 g/mol. The van der Waals surface area contributed by atoms with Crippen molar-refractivity contribution < 1.29 is 19.1 Å². The van der Waals surface area contributed by atoms with Crippen molar-refractivity contribution in [2.75, 3.05) is 19.8 Å². The molecule has 1 amide bonds. The van der Waals surface area contributed by atoms with Gasteiger partial charge in [-0.25, -0.2) is 4.79 Å². The summed E-state index contributed by atoms with van der Waals surface area (Å²) in [6.07, 6.45) is 0. The largest absolute Gasteiger partial charge is 0.464 e. The van der Waals surface area contributed by atoms with Crippen molar-refractivity contribution in [3.63, 3.8) is 0 Å². The SMILES string of the molecule is CCOCC(NC(=O)c1ccccc1C)C(=O)OCC. The fourth-order valence-electron chi connectivity index (χ4n) is 1.71. The zero-order chi connectivity index (χ0) is 15.0. The van der Waals surface area contributed by atoms with Crippen LogP contribution in [0.1, 0.15) is 29.8 Å². The second-order valence-electron chi connectivity index (χ2n) is 4.25. The van der Waals surface area contributed by atoms with Crippen LogP contribution < -0.4 is 5.32 Å². The minimum Gasteiger partial charge on any atom is -0.464 e. The van der Waals surface area contributed by atoms with Gasteiger partial charge in [0.1, 0.15) is 0 Å². The van der Waals surface area contributed by atoms with E-state index in [1.54, 1.807) is 19.1 Å². The first-order valence-corrected chi connectivity index (χ1v) is 6.71. The Morgan fingerprint density at radius 1 is 1.20 bits per heavy atom. The summed E-state index contributed by atoms with van der Waals surface area (Å²) in [5, 5.41) is 2.66. The van der Waals surface area contributed by atoms with Crippen molar-refractivity contribution in [2.45, 2.75) is 26.8 Å². The smallest absolute Gasteiger partial charge is 0.331 e. The first kappa shape index (κ1) is 16.2. The zero-order valence-corrected chi connectivity index (χ0v) is 12.1. The van der Waals surface area contributed by atoms with Gasteiger partial charge in [-0.05, 0) is 32.4 Å². The molecule has 0 spiro atoms. The Morgan fingerprint density at radius 2 is 1.90 bits per heavy atom. The highest BCUT2D eigenvalue weighted by molar-refractivity contribution is 5.97. The molecule has 110 valence electrons. The normalized spacial score (nSPS) is 11.8. The van der Waals surface area contributed by atoms with Gasteiger partial charge in [0.05, 0.1) is 13.2 Å². The average Bonchev–Trinajstić information content (AvgIpc) is 2.43. The Labute approximate surface area is 119 Å². The van der Waals surface area contributed by atoms with E-state index in [1.807, 2.05) is 26.0 Å². The van der Waals surface area contributed by atoms with Crippen molar-refractivity contribution in [3.8, 4) is 0 Å². The van der Waals surface area contributed by atoms with Gasteiger partial charge < -0.3 is 14.8 Å². The number of aryl methyl sites for hydroxylation is 1. The topological polar surface area (TPSA) is 64.6 Å². The molecule has 1 rings (SSSR count). The highest BCUT2D eigenvalue weighted by Gasteiger charge is 2.23. The van der Waals surface area contributed by atoms with Crippen molar-refractivity contribution in [2.24, 2.45) is 0 Å². The Balaban J connectivity index is 2.76. The summed E-state index contributed by atoms with van der Waals surface area (Å²) in [7, 11) is 0. The number of esters is 1. The zero-order valence-electron chi connectivity index (χ0n) is 12.1. The average molecular weight is 279 g/mol. The summed E-state index contributed by atoms with van der Waals surface area (Å²) in [4.78, 5) is 24.0. The van der Waals surface area contributed by atoms with E-state index < -0.39 is 12.0 Å². The van der Waals surface area contributed by atoms with Crippen molar-refractivity contribution >= 4 is 11.9 Å². The third-order valence-electron chi connectivity index (χ3n) is 2.75. The molecule has 5 heteroatoms. The van der Waals surface area contributed by atoms with Crippen LogP contribution in [-0.2, 0) is 14.3 Å². The lowest BCUT2D eigenvalue weighted by molar-refractivity contribution is -0.147. The van der Waals surface area contributed by atoms with E-state index in [1.165, 1.54) is 0 Å². The van der Waals surface area contributed by atoms with Gasteiger partial charge in [-0.15, -0.1) is 0 Å². The van der Waals surface area contributed by atoms with Crippen molar-refractivity contribution in [1.82, 2.24) is 5.32 Å². The number of benzene rings is 1. The molecule has 1 aromatic carbocycles. The molecule has 0 saturated heterocycles. The predicted molar refractivity (Wildman–Crippen MR) is 75.6 cm³/mol. The highest BCUT2D eigenvalue weighted by Crippen LogP contribution is 2.07. The second kappa shape index (κ2) is 8.32. The summed E-state index contributed by atoms with van der Waals surface area (Å²) >= 11 is 0. The van der Waals surface area contributed by atoms with Crippen LogP contribution in [0.3, 0.4) is 0 Å². The lowest BCUT2D eigenvalue weighted by Gasteiger charge is -2.17. The summed E-state index contributed by atoms with van der Waals surface area (Å²) in [5.74, 6) is -0.788. The molecule has 5 nitrogen and oxygen atoms in total. The molecule has 0 radical (unpaired) electrons. The fraction of sp³-hybridized carbons (Fsp3) is 0.467. The van der Waals surface area contributed by atoms with Gasteiger partial charge in [-0.1, -0.05) is 18.2 Å². The quantitative estimate of drug-likeness (QED) is 0.771. The molecule has 0 aliphatic carbocycles. The molecule has 0 saturated carbocycles. The Kier molecular flexibility index (Phi) is 6.73. The minimum atomic E-state index is -0.790. The van der Waals surface area contributed by atoms with E-state index in [0.717, 1.165) is 5.56 Å². The number of hydrogen-bond acceptors (Lipinski definition) is 4. The number of ether oxygens (including phenoxy) is 2. The van der Waals surface area contributed by atoms with Crippen LogP contribution in [0.2, 0.25) is 0 Å². The fourth-order valence-corrected chi connectivity index (χ4v) is 1.71. The maximum Gasteiger partial charge on any atom is 0.331 e. The van der Waals surface area contributed by atoms with E-state index in [9.17, 15) is 9.59 Å². The Bertz CT molecular complexity index is 459. The molecule has 1 unspecified atom stereocenters. The van der Waals surface area contributed by atoms with Gasteiger partial charge >= 0.3 is 5.97 Å². The number of carbonyl (C=O) groups is 2. The molecule has 0 bridgehead atoms. The maximum absolute atomic E-state index is 12.2. The van der Waals surface area contributed by atoms with Crippen LogP contribution >= 0.6 is 0 Å². The minimum absolute atomic E-state index is 0.104. The van der Waals surface area contributed by atoms with Crippen LogP contribution in [0.25, 0.3) is 0 Å². The van der Waals surface area contributed by atoms with Gasteiger partial charge in [0.25, 0.3) is 5.91 Å². The van der Waals surface area contributed by atoms with Crippen LogP contribution in [-0.4, -0.2) is 37.7 Å². The van der Waals surface area contributed by atoms with Crippen LogP contribution in [0.5, 0.6) is 0 Å². The predicted octanol–water partition coefficient (Wildman–Crippen LogP) is 1.69. The maximum atomic E-state index is 12.2.